The molecule has 1 amide bonds. The van der Waals surface area contributed by atoms with Crippen LogP contribution in [0.25, 0.3) is 0 Å². The maximum absolute atomic E-state index is 12.0. The van der Waals surface area contributed by atoms with Crippen molar-refractivity contribution in [2.24, 2.45) is 10.2 Å². The summed E-state index contributed by atoms with van der Waals surface area (Å²) in [6.45, 7) is 0. The second kappa shape index (κ2) is 7.83. The number of rotatable bonds is 4. The molecule has 4 nitrogen and oxygen atoms in total. The van der Waals surface area contributed by atoms with E-state index in [1.807, 2.05) is 36.4 Å². The van der Waals surface area contributed by atoms with E-state index in [1.54, 1.807) is 18.3 Å². The highest BCUT2D eigenvalue weighted by Gasteiger charge is 2.30. The molecule has 1 aliphatic rings. The monoisotopic (exact) mass is 377 g/mol. The zero-order valence-corrected chi connectivity index (χ0v) is 14.8. The lowest BCUT2D eigenvalue weighted by atomic mass is 10.1. The van der Waals surface area contributed by atoms with E-state index in [0.29, 0.717) is 21.6 Å². The molecule has 1 aliphatic heterocycles. The van der Waals surface area contributed by atoms with Crippen LogP contribution in [-0.2, 0) is 11.2 Å². The van der Waals surface area contributed by atoms with Gasteiger partial charge in [0.1, 0.15) is 0 Å². The van der Waals surface area contributed by atoms with E-state index in [9.17, 15) is 4.79 Å². The smallest absolute Gasteiger partial charge is 0.239 e. The fraction of sp³-hybridized carbons (Fsp3) is 0.118. The number of thioether (sulfide) groups is 1. The summed E-state index contributed by atoms with van der Waals surface area (Å²) in [7, 11) is 0. The van der Waals surface area contributed by atoms with E-state index < -0.39 is 0 Å². The van der Waals surface area contributed by atoms with Gasteiger partial charge in [-0.1, -0.05) is 59.2 Å². The van der Waals surface area contributed by atoms with E-state index in [-0.39, 0.29) is 11.2 Å². The highest BCUT2D eigenvalue weighted by atomic mass is 35.5. The number of carbonyl (C=O) groups is 1. The van der Waals surface area contributed by atoms with Gasteiger partial charge in [0.15, 0.2) is 5.17 Å². The van der Waals surface area contributed by atoms with Crippen LogP contribution in [0.3, 0.4) is 0 Å². The molecule has 1 atom stereocenters. The number of nitrogens with one attached hydrogen (secondary N) is 1. The van der Waals surface area contributed by atoms with Crippen molar-refractivity contribution < 1.29 is 4.79 Å². The molecule has 0 radical (unpaired) electrons. The Morgan fingerprint density at radius 1 is 1.12 bits per heavy atom. The molecule has 1 heterocycles. The summed E-state index contributed by atoms with van der Waals surface area (Å²) in [6, 6.07) is 14.7. The fourth-order valence-corrected chi connectivity index (χ4v) is 3.47. The Balaban J connectivity index is 1.62. The predicted molar refractivity (Wildman–Crippen MR) is 101 cm³/mol. The van der Waals surface area contributed by atoms with Crippen LogP contribution in [0.4, 0.5) is 0 Å². The molecule has 3 rings (SSSR count). The Labute approximate surface area is 154 Å². The minimum Gasteiger partial charge on any atom is -0.303 e. The summed E-state index contributed by atoms with van der Waals surface area (Å²) in [4.78, 5) is 12.0. The van der Waals surface area contributed by atoms with Gasteiger partial charge in [0.25, 0.3) is 0 Å². The van der Waals surface area contributed by atoms with Crippen molar-refractivity contribution in [1.29, 1.82) is 0 Å². The lowest BCUT2D eigenvalue weighted by Gasteiger charge is -2.05. The molecule has 0 spiro atoms. The van der Waals surface area contributed by atoms with E-state index in [0.717, 1.165) is 11.1 Å². The zero-order valence-electron chi connectivity index (χ0n) is 12.4. The van der Waals surface area contributed by atoms with Gasteiger partial charge in [-0.3, -0.25) is 4.79 Å². The van der Waals surface area contributed by atoms with Gasteiger partial charge in [0, 0.05) is 10.0 Å². The summed E-state index contributed by atoms with van der Waals surface area (Å²) in [5, 5.41) is 12.4. The lowest BCUT2D eigenvalue weighted by molar-refractivity contribution is -0.118. The summed E-state index contributed by atoms with van der Waals surface area (Å²) >= 11 is 13.2. The average molecular weight is 378 g/mol. The van der Waals surface area contributed by atoms with Crippen LogP contribution in [0.2, 0.25) is 10.0 Å². The first-order valence-electron chi connectivity index (χ1n) is 7.19. The van der Waals surface area contributed by atoms with Gasteiger partial charge in [-0.15, -0.1) is 5.10 Å². The molecule has 0 aliphatic carbocycles. The van der Waals surface area contributed by atoms with Gasteiger partial charge in [-0.05, 0) is 41.8 Å². The Bertz CT molecular complexity index is 806. The predicted octanol–water partition coefficient (Wildman–Crippen LogP) is 4.16. The van der Waals surface area contributed by atoms with Crippen LogP contribution >= 0.6 is 35.0 Å². The Kier molecular flexibility index (Phi) is 5.56. The summed E-state index contributed by atoms with van der Waals surface area (Å²) < 4.78 is 0. The summed E-state index contributed by atoms with van der Waals surface area (Å²) in [5.41, 5.74) is 1.90. The number of nitrogens with zero attached hydrogens (tertiary/aromatic N) is 2. The molecule has 122 valence electrons. The van der Waals surface area contributed by atoms with Crippen LogP contribution in [0.1, 0.15) is 11.1 Å². The Morgan fingerprint density at radius 2 is 1.92 bits per heavy atom. The number of carbonyl (C=O) groups excluding carboxylic acids is 1. The molecule has 1 saturated heterocycles. The maximum atomic E-state index is 12.0. The molecule has 1 N–H and O–H groups in total. The molecule has 2 aromatic carbocycles. The van der Waals surface area contributed by atoms with Crippen LogP contribution in [-0.4, -0.2) is 22.5 Å². The van der Waals surface area contributed by atoms with Gasteiger partial charge in [-0.25, -0.2) is 0 Å². The van der Waals surface area contributed by atoms with E-state index in [1.165, 1.54) is 11.8 Å². The van der Waals surface area contributed by atoms with E-state index in [2.05, 4.69) is 15.5 Å². The number of amidine groups is 1. The van der Waals surface area contributed by atoms with Crippen molar-refractivity contribution in [3.05, 3.63) is 69.7 Å². The van der Waals surface area contributed by atoms with Gasteiger partial charge < -0.3 is 5.32 Å². The molecule has 1 fully saturated rings. The Hall–Kier alpha value is -1.82. The first-order valence-corrected chi connectivity index (χ1v) is 8.82. The molecule has 1 unspecified atom stereocenters. The maximum Gasteiger partial charge on any atom is 0.239 e. The first-order chi connectivity index (χ1) is 11.6. The summed E-state index contributed by atoms with van der Waals surface area (Å²) in [6.07, 6.45) is 2.21. The van der Waals surface area contributed by atoms with Gasteiger partial charge in [0.2, 0.25) is 5.91 Å². The minimum absolute atomic E-state index is 0.0691. The summed E-state index contributed by atoms with van der Waals surface area (Å²) in [5.74, 6) is -0.0691. The third kappa shape index (κ3) is 4.60. The average Bonchev–Trinajstić information content (AvgIpc) is 2.89. The SMILES string of the molecule is O=C1N/C(=N\N=C\c2ccc(Cl)cc2)SC1Cc1cccc(Cl)c1. The molecule has 7 heteroatoms. The van der Waals surface area contributed by atoms with Crippen molar-refractivity contribution in [2.75, 3.05) is 0 Å². The quantitative estimate of drug-likeness (QED) is 0.642. The topological polar surface area (TPSA) is 53.8 Å². The van der Waals surface area contributed by atoms with Crippen LogP contribution in [0.5, 0.6) is 0 Å². The highest BCUT2D eigenvalue weighted by Crippen LogP contribution is 2.24. The molecule has 0 bridgehead atoms. The molecular formula is C17H13Cl2N3OS. The number of halogens is 2. The van der Waals surface area contributed by atoms with Crippen molar-refractivity contribution >= 4 is 52.3 Å². The van der Waals surface area contributed by atoms with Gasteiger partial charge in [0.05, 0.1) is 11.5 Å². The Morgan fingerprint density at radius 3 is 2.67 bits per heavy atom. The molecule has 0 saturated carbocycles. The first kappa shape index (κ1) is 17.0. The largest absolute Gasteiger partial charge is 0.303 e. The third-order valence-corrected chi connectivity index (χ3v) is 4.87. The standard InChI is InChI=1S/C17H13Cl2N3OS/c18-13-6-4-11(5-7-13)10-20-22-17-21-16(23)15(24-17)9-12-2-1-3-14(19)8-12/h1-8,10,15H,9H2,(H,21,22,23)/b20-10+. The molecule has 24 heavy (non-hydrogen) atoms. The number of benzene rings is 2. The minimum atomic E-state index is -0.229. The van der Waals surface area contributed by atoms with Crippen LogP contribution in [0.15, 0.2) is 58.7 Å². The van der Waals surface area contributed by atoms with Gasteiger partial charge >= 0.3 is 0 Å². The lowest BCUT2D eigenvalue weighted by Crippen LogP contribution is -2.25. The van der Waals surface area contributed by atoms with Gasteiger partial charge in [-0.2, -0.15) is 5.10 Å². The molecule has 2 aromatic rings. The second-order valence-electron chi connectivity index (χ2n) is 5.13. The van der Waals surface area contributed by atoms with Crippen molar-refractivity contribution in [3.8, 4) is 0 Å². The van der Waals surface area contributed by atoms with E-state index in [4.69, 9.17) is 23.2 Å². The number of hydrogen-bond acceptors (Lipinski definition) is 4. The molecule has 0 aromatic heterocycles. The van der Waals surface area contributed by atoms with Crippen LogP contribution in [0, 0.1) is 0 Å². The highest BCUT2D eigenvalue weighted by molar-refractivity contribution is 8.15. The fourth-order valence-electron chi connectivity index (χ4n) is 2.16. The van der Waals surface area contributed by atoms with Crippen molar-refractivity contribution in [1.82, 2.24) is 5.32 Å². The molecular weight excluding hydrogens is 365 g/mol. The van der Waals surface area contributed by atoms with E-state index >= 15 is 0 Å². The zero-order chi connectivity index (χ0) is 16.9. The van der Waals surface area contributed by atoms with Crippen molar-refractivity contribution in [3.63, 3.8) is 0 Å². The van der Waals surface area contributed by atoms with Crippen molar-refractivity contribution in [2.45, 2.75) is 11.7 Å². The second-order valence-corrected chi connectivity index (χ2v) is 7.20. The third-order valence-electron chi connectivity index (χ3n) is 3.31. The normalized spacial score (nSPS) is 19.2. The van der Waals surface area contributed by atoms with Crippen LogP contribution < -0.4 is 5.32 Å². The number of amides is 1. The number of hydrogen-bond donors (Lipinski definition) is 1.